The van der Waals surface area contributed by atoms with E-state index in [0.717, 1.165) is 12.1 Å². The fraction of sp³-hybridized carbons (Fsp3) is 0.462. The van der Waals surface area contributed by atoms with Gasteiger partial charge in [0.05, 0.1) is 4.90 Å². The van der Waals surface area contributed by atoms with Gasteiger partial charge in [0.1, 0.15) is 0 Å². The van der Waals surface area contributed by atoms with Crippen LogP contribution in [0.3, 0.4) is 0 Å². The quantitative estimate of drug-likeness (QED) is 0.800. The molecule has 1 aromatic carbocycles. The van der Waals surface area contributed by atoms with Crippen LogP contribution in [0.5, 0.6) is 0 Å². The van der Waals surface area contributed by atoms with Crippen molar-refractivity contribution in [1.82, 2.24) is 5.32 Å². The zero-order valence-corrected chi connectivity index (χ0v) is 13.0. The molecule has 1 rings (SSSR count). The number of amides is 2. The number of carbonyl (C=O) groups excluding carboxylic acids is 1. The molecule has 1 atom stereocenters. The lowest BCUT2D eigenvalue weighted by molar-refractivity contribution is 0.185. The van der Waals surface area contributed by atoms with Crippen LogP contribution >= 0.6 is 0 Å². The van der Waals surface area contributed by atoms with Crippen molar-refractivity contribution < 1.29 is 26.7 Å². The highest BCUT2D eigenvalue weighted by atomic mass is 32.2. The van der Waals surface area contributed by atoms with E-state index >= 15 is 0 Å². The Hall–Kier alpha value is -1.74. The molecule has 0 aliphatic heterocycles. The summed E-state index contributed by atoms with van der Waals surface area (Å²) in [5, 5.41) is 5.14. The molecule has 0 spiro atoms. The maximum atomic E-state index is 12.4. The van der Waals surface area contributed by atoms with Gasteiger partial charge in [-0.15, -0.1) is 0 Å². The van der Waals surface area contributed by atoms with Crippen LogP contribution in [-0.2, 0) is 14.6 Å². The number of benzene rings is 1. The highest BCUT2D eigenvalue weighted by Crippen LogP contribution is 2.20. The number of alkyl halides is 2. The summed E-state index contributed by atoms with van der Waals surface area (Å²) in [4.78, 5) is 11.2. The van der Waals surface area contributed by atoms with Crippen LogP contribution in [0.1, 0.15) is 13.3 Å². The molecular weight excluding hydrogens is 318 g/mol. The normalized spacial score (nSPS) is 13.0. The van der Waals surface area contributed by atoms with Crippen LogP contribution < -0.4 is 10.6 Å². The zero-order chi connectivity index (χ0) is 16.8. The summed E-state index contributed by atoms with van der Waals surface area (Å²) < 4.78 is 52.1. The van der Waals surface area contributed by atoms with E-state index in [-0.39, 0.29) is 6.04 Å². The number of halogens is 2. The molecule has 0 radical (unpaired) electrons. The van der Waals surface area contributed by atoms with Gasteiger partial charge >= 0.3 is 11.8 Å². The first-order valence-electron chi connectivity index (χ1n) is 6.46. The van der Waals surface area contributed by atoms with Crippen molar-refractivity contribution in [2.45, 2.75) is 30.0 Å². The number of ether oxygens (including phenoxy) is 1. The molecule has 0 unspecified atom stereocenters. The molecule has 0 saturated heterocycles. The Balaban J connectivity index is 2.63. The van der Waals surface area contributed by atoms with Crippen molar-refractivity contribution in [2.75, 3.05) is 19.0 Å². The fourth-order valence-corrected chi connectivity index (χ4v) is 2.31. The molecule has 0 aromatic heterocycles. The van der Waals surface area contributed by atoms with Crippen LogP contribution in [0.4, 0.5) is 19.3 Å². The number of anilines is 1. The molecule has 1 aromatic rings. The predicted octanol–water partition coefficient (Wildman–Crippen LogP) is 2.23. The van der Waals surface area contributed by atoms with Gasteiger partial charge in [-0.05, 0) is 37.6 Å². The molecule has 0 aliphatic rings. The smallest absolute Gasteiger partial charge is 0.341 e. The molecule has 0 saturated carbocycles. The first-order chi connectivity index (χ1) is 10.3. The average molecular weight is 336 g/mol. The minimum Gasteiger partial charge on any atom is -0.385 e. The van der Waals surface area contributed by atoms with Crippen LogP contribution in [0, 0.1) is 0 Å². The van der Waals surface area contributed by atoms with Gasteiger partial charge in [0.25, 0.3) is 0 Å². The van der Waals surface area contributed by atoms with Gasteiger partial charge in [-0.1, -0.05) is 0 Å². The molecule has 0 fully saturated rings. The lowest BCUT2D eigenvalue weighted by atomic mass is 10.2. The number of methoxy groups -OCH3 is 1. The molecule has 9 heteroatoms. The summed E-state index contributed by atoms with van der Waals surface area (Å²) >= 11 is 0. The van der Waals surface area contributed by atoms with E-state index in [1.807, 2.05) is 0 Å². The average Bonchev–Trinajstić information content (AvgIpc) is 2.45. The second-order valence-corrected chi connectivity index (χ2v) is 6.53. The number of sulfone groups is 1. The van der Waals surface area contributed by atoms with Crippen LogP contribution in [-0.4, -0.2) is 40.0 Å². The van der Waals surface area contributed by atoms with Crippen LogP contribution in [0.15, 0.2) is 29.2 Å². The molecule has 0 aliphatic carbocycles. The molecule has 124 valence electrons. The summed E-state index contributed by atoms with van der Waals surface area (Å²) in [6.07, 6.45) is 0.634. The summed E-state index contributed by atoms with van der Waals surface area (Å²) in [6.45, 7) is 2.30. The highest BCUT2D eigenvalue weighted by Gasteiger charge is 2.26. The van der Waals surface area contributed by atoms with Crippen molar-refractivity contribution in [3.05, 3.63) is 24.3 Å². The second kappa shape index (κ2) is 8.04. The molecule has 0 heterocycles. The summed E-state index contributed by atoms with van der Waals surface area (Å²) in [5.41, 5.74) is 0.296. The number of nitrogens with one attached hydrogen (secondary N) is 2. The maximum absolute atomic E-state index is 12.4. The lowest BCUT2D eigenvalue weighted by Crippen LogP contribution is -2.36. The Labute approximate surface area is 127 Å². The molecule has 2 N–H and O–H groups in total. The standard InChI is InChI=1S/C13H18F2N2O4S/c1-9(7-8-21-2)16-13(18)17-10-3-5-11(6-4-10)22(19,20)12(14)15/h3-6,9,12H,7-8H2,1-2H3,(H2,16,17,18)/t9-/m1/s1. The Kier molecular flexibility index (Phi) is 6.69. The third kappa shape index (κ3) is 5.23. The van der Waals surface area contributed by atoms with Crippen molar-refractivity contribution in [3.63, 3.8) is 0 Å². The third-order valence-corrected chi connectivity index (χ3v) is 4.21. The molecule has 2 amide bonds. The van der Waals surface area contributed by atoms with E-state index in [0.29, 0.717) is 18.7 Å². The number of carbonyl (C=O) groups is 1. The van der Waals surface area contributed by atoms with E-state index in [1.54, 1.807) is 14.0 Å². The molecular formula is C13H18F2N2O4S. The van der Waals surface area contributed by atoms with Gasteiger partial charge in [-0.25, -0.2) is 13.2 Å². The largest absolute Gasteiger partial charge is 0.385 e. The molecule has 22 heavy (non-hydrogen) atoms. The van der Waals surface area contributed by atoms with Crippen molar-refractivity contribution in [2.24, 2.45) is 0 Å². The van der Waals surface area contributed by atoms with Crippen LogP contribution in [0.2, 0.25) is 0 Å². The Bertz CT molecular complexity index is 591. The molecule has 6 nitrogen and oxygen atoms in total. The van der Waals surface area contributed by atoms with Crippen molar-refractivity contribution in [1.29, 1.82) is 0 Å². The van der Waals surface area contributed by atoms with Gasteiger partial charge < -0.3 is 15.4 Å². The minimum atomic E-state index is -4.63. The van der Waals surface area contributed by atoms with E-state index in [1.165, 1.54) is 12.1 Å². The van der Waals surface area contributed by atoms with Crippen molar-refractivity contribution in [3.8, 4) is 0 Å². The zero-order valence-electron chi connectivity index (χ0n) is 12.2. The summed E-state index contributed by atoms with van der Waals surface area (Å²) in [7, 11) is -3.07. The SMILES string of the molecule is COCC[C@@H](C)NC(=O)Nc1ccc(S(=O)(=O)C(F)F)cc1. The second-order valence-electron chi connectivity index (χ2n) is 4.61. The van der Waals surface area contributed by atoms with E-state index in [4.69, 9.17) is 4.74 Å². The number of hydrogen-bond donors (Lipinski definition) is 2. The Morgan fingerprint density at radius 2 is 1.86 bits per heavy atom. The first kappa shape index (κ1) is 18.3. The third-order valence-electron chi connectivity index (χ3n) is 2.81. The number of rotatable bonds is 7. The molecule has 0 bridgehead atoms. The number of urea groups is 1. The number of hydrogen-bond acceptors (Lipinski definition) is 4. The monoisotopic (exact) mass is 336 g/mol. The fourth-order valence-electron chi connectivity index (χ4n) is 1.59. The Morgan fingerprint density at radius 1 is 1.27 bits per heavy atom. The van der Waals surface area contributed by atoms with E-state index < -0.39 is 26.5 Å². The van der Waals surface area contributed by atoms with Gasteiger partial charge in [0.2, 0.25) is 9.84 Å². The first-order valence-corrected chi connectivity index (χ1v) is 8.00. The minimum absolute atomic E-state index is 0.113. The topological polar surface area (TPSA) is 84.5 Å². The lowest BCUT2D eigenvalue weighted by Gasteiger charge is -2.14. The van der Waals surface area contributed by atoms with Gasteiger partial charge in [-0.3, -0.25) is 0 Å². The van der Waals surface area contributed by atoms with E-state index in [2.05, 4.69) is 10.6 Å². The maximum Gasteiger partial charge on any atom is 0.341 e. The van der Waals surface area contributed by atoms with Gasteiger partial charge in [0, 0.05) is 25.4 Å². The van der Waals surface area contributed by atoms with E-state index in [9.17, 15) is 22.0 Å². The predicted molar refractivity (Wildman–Crippen MR) is 77.7 cm³/mol. The summed E-state index contributed by atoms with van der Waals surface area (Å²) in [6, 6.07) is 3.94. The van der Waals surface area contributed by atoms with Crippen molar-refractivity contribution >= 4 is 21.6 Å². The van der Waals surface area contributed by atoms with Crippen LogP contribution in [0.25, 0.3) is 0 Å². The van der Waals surface area contributed by atoms with Gasteiger partial charge in [0.15, 0.2) is 0 Å². The summed E-state index contributed by atoms with van der Waals surface area (Å²) in [5.74, 6) is -3.48. The Morgan fingerprint density at radius 3 is 2.36 bits per heavy atom. The van der Waals surface area contributed by atoms with Gasteiger partial charge in [-0.2, -0.15) is 8.78 Å². The highest BCUT2D eigenvalue weighted by molar-refractivity contribution is 7.91.